The molecule has 102 valence electrons. The summed E-state index contributed by atoms with van der Waals surface area (Å²) in [6.07, 6.45) is 1.29. The number of amides is 2. The molecule has 1 saturated heterocycles. The maximum atomic E-state index is 11.7. The summed E-state index contributed by atoms with van der Waals surface area (Å²) in [7, 11) is 0. The van der Waals surface area contributed by atoms with Crippen molar-refractivity contribution in [3.63, 3.8) is 0 Å². The summed E-state index contributed by atoms with van der Waals surface area (Å²) in [5, 5.41) is 11.3. The lowest BCUT2D eigenvalue weighted by Gasteiger charge is -2.25. The number of ether oxygens (including phenoxy) is 2. The van der Waals surface area contributed by atoms with Gasteiger partial charge < -0.3 is 24.8 Å². The van der Waals surface area contributed by atoms with Crippen molar-refractivity contribution in [2.24, 2.45) is 0 Å². The largest absolute Gasteiger partial charge is 0.480 e. The Labute approximate surface area is 105 Å². The molecular formula is C11H18N2O5. The Kier molecular flexibility index (Phi) is 6.16. The van der Waals surface area contributed by atoms with Crippen LogP contribution in [0.3, 0.4) is 0 Å². The average molecular weight is 258 g/mol. The van der Waals surface area contributed by atoms with Gasteiger partial charge in [-0.15, -0.1) is 6.58 Å². The van der Waals surface area contributed by atoms with Gasteiger partial charge in [-0.25, -0.2) is 4.79 Å². The van der Waals surface area contributed by atoms with E-state index in [1.165, 1.54) is 6.08 Å². The molecule has 0 aromatic heterocycles. The maximum Gasteiger partial charge on any atom is 0.323 e. The molecule has 7 nitrogen and oxygen atoms in total. The second kappa shape index (κ2) is 7.67. The van der Waals surface area contributed by atoms with Gasteiger partial charge in [-0.1, -0.05) is 6.08 Å². The molecule has 1 unspecified atom stereocenters. The number of hydrogen-bond acceptors (Lipinski definition) is 4. The van der Waals surface area contributed by atoms with Gasteiger partial charge in [-0.05, 0) is 0 Å². The van der Waals surface area contributed by atoms with E-state index in [0.29, 0.717) is 26.4 Å². The van der Waals surface area contributed by atoms with Crippen molar-refractivity contribution < 1.29 is 24.2 Å². The van der Waals surface area contributed by atoms with E-state index in [9.17, 15) is 9.59 Å². The van der Waals surface area contributed by atoms with E-state index in [2.05, 4.69) is 11.9 Å². The Morgan fingerprint density at radius 3 is 2.83 bits per heavy atom. The molecule has 0 radical (unpaired) electrons. The molecule has 1 aliphatic heterocycles. The van der Waals surface area contributed by atoms with Crippen molar-refractivity contribution in [2.45, 2.75) is 6.10 Å². The lowest BCUT2D eigenvalue weighted by Crippen LogP contribution is -2.47. The van der Waals surface area contributed by atoms with Gasteiger partial charge in [0.25, 0.3) is 0 Å². The minimum atomic E-state index is -1.07. The van der Waals surface area contributed by atoms with Crippen molar-refractivity contribution in [3.8, 4) is 0 Å². The van der Waals surface area contributed by atoms with Crippen molar-refractivity contribution in [3.05, 3.63) is 12.7 Å². The van der Waals surface area contributed by atoms with Crippen LogP contribution >= 0.6 is 0 Å². The smallest absolute Gasteiger partial charge is 0.323 e. The molecule has 18 heavy (non-hydrogen) atoms. The van der Waals surface area contributed by atoms with Crippen LogP contribution in [0.4, 0.5) is 4.79 Å². The monoisotopic (exact) mass is 258 g/mol. The Morgan fingerprint density at radius 2 is 2.28 bits per heavy atom. The first-order valence-corrected chi connectivity index (χ1v) is 5.68. The molecule has 1 aliphatic rings. The van der Waals surface area contributed by atoms with Gasteiger partial charge in [0.05, 0.1) is 25.9 Å². The number of aliphatic carboxylic acids is 1. The van der Waals surface area contributed by atoms with Crippen LogP contribution in [0.15, 0.2) is 12.7 Å². The van der Waals surface area contributed by atoms with Crippen LogP contribution in [0.1, 0.15) is 0 Å². The van der Waals surface area contributed by atoms with Crippen LogP contribution in [-0.2, 0) is 14.3 Å². The highest BCUT2D eigenvalue weighted by Crippen LogP contribution is 1.99. The highest BCUT2D eigenvalue weighted by atomic mass is 16.6. The summed E-state index contributed by atoms with van der Waals surface area (Å²) in [5.41, 5.74) is 0. The van der Waals surface area contributed by atoms with Crippen molar-refractivity contribution in [1.29, 1.82) is 0 Å². The van der Waals surface area contributed by atoms with Crippen LogP contribution in [0, 0.1) is 0 Å². The van der Waals surface area contributed by atoms with E-state index in [0.717, 1.165) is 4.90 Å². The predicted molar refractivity (Wildman–Crippen MR) is 63.4 cm³/mol. The van der Waals surface area contributed by atoms with E-state index < -0.39 is 12.0 Å². The quantitative estimate of drug-likeness (QED) is 0.638. The molecule has 0 spiro atoms. The number of carboxylic acid groups (broad SMARTS) is 1. The fourth-order valence-electron chi connectivity index (χ4n) is 1.51. The van der Waals surface area contributed by atoms with Gasteiger partial charge in [-0.2, -0.15) is 0 Å². The van der Waals surface area contributed by atoms with Crippen LogP contribution in [-0.4, -0.2) is 67.6 Å². The van der Waals surface area contributed by atoms with Crippen LogP contribution < -0.4 is 5.32 Å². The lowest BCUT2D eigenvalue weighted by molar-refractivity contribution is -0.137. The number of nitrogens with one attached hydrogen (secondary N) is 1. The lowest BCUT2D eigenvalue weighted by atomic mass is 10.3. The number of rotatable bonds is 6. The average Bonchev–Trinajstić information content (AvgIpc) is 2.36. The van der Waals surface area contributed by atoms with Crippen LogP contribution in [0.5, 0.6) is 0 Å². The zero-order valence-corrected chi connectivity index (χ0v) is 10.1. The highest BCUT2D eigenvalue weighted by molar-refractivity contribution is 5.80. The van der Waals surface area contributed by atoms with Gasteiger partial charge in [0.15, 0.2) is 0 Å². The Hall–Kier alpha value is -1.60. The topological polar surface area (TPSA) is 88.1 Å². The molecule has 0 bridgehead atoms. The zero-order chi connectivity index (χ0) is 13.4. The molecule has 1 heterocycles. The van der Waals surface area contributed by atoms with Crippen molar-refractivity contribution in [1.82, 2.24) is 10.2 Å². The molecule has 0 saturated carbocycles. The van der Waals surface area contributed by atoms with Gasteiger partial charge >= 0.3 is 12.0 Å². The number of nitrogens with zero attached hydrogens (tertiary/aromatic N) is 1. The molecule has 2 N–H and O–H groups in total. The van der Waals surface area contributed by atoms with E-state index in [1.807, 2.05) is 0 Å². The summed E-state index contributed by atoms with van der Waals surface area (Å²) >= 11 is 0. The van der Waals surface area contributed by atoms with Crippen molar-refractivity contribution >= 4 is 12.0 Å². The third-order valence-electron chi connectivity index (χ3n) is 2.33. The summed E-state index contributed by atoms with van der Waals surface area (Å²) in [5.74, 6) is -1.07. The van der Waals surface area contributed by atoms with Gasteiger partial charge in [0.1, 0.15) is 6.54 Å². The van der Waals surface area contributed by atoms with E-state index >= 15 is 0 Å². The van der Waals surface area contributed by atoms with Gasteiger partial charge in [0.2, 0.25) is 0 Å². The number of carboxylic acids is 1. The summed E-state index contributed by atoms with van der Waals surface area (Å²) in [6.45, 7) is 5.10. The van der Waals surface area contributed by atoms with Crippen LogP contribution in [0.25, 0.3) is 0 Å². The van der Waals surface area contributed by atoms with Gasteiger partial charge in [0, 0.05) is 13.1 Å². The maximum absolute atomic E-state index is 11.7. The third-order valence-corrected chi connectivity index (χ3v) is 2.33. The first-order chi connectivity index (χ1) is 8.63. The Balaban J connectivity index is 2.35. The summed E-state index contributed by atoms with van der Waals surface area (Å²) in [4.78, 5) is 23.5. The summed E-state index contributed by atoms with van der Waals surface area (Å²) < 4.78 is 10.5. The fourth-order valence-corrected chi connectivity index (χ4v) is 1.51. The Bertz CT molecular complexity index is 302. The highest BCUT2D eigenvalue weighted by Gasteiger charge is 2.19. The van der Waals surface area contributed by atoms with Crippen molar-refractivity contribution in [2.75, 3.05) is 39.5 Å². The van der Waals surface area contributed by atoms with Gasteiger partial charge in [-0.3, -0.25) is 4.79 Å². The fraction of sp³-hybridized carbons (Fsp3) is 0.636. The molecule has 0 aromatic carbocycles. The normalized spacial score (nSPS) is 19.0. The minimum Gasteiger partial charge on any atom is -0.480 e. The molecule has 7 heteroatoms. The number of carbonyl (C=O) groups is 2. The molecule has 1 rings (SSSR count). The second-order valence-corrected chi connectivity index (χ2v) is 3.82. The minimum absolute atomic E-state index is 0.181. The molecular weight excluding hydrogens is 240 g/mol. The SMILES string of the molecule is C=CCN(CC(=O)O)C(=O)NCC1COCCO1. The summed E-state index contributed by atoms with van der Waals surface area (Å²) in [6, 6.07) is -0.452. The zero-order valence-electron chi connectivity index (χ0n) is 10.1. The van der Waals surface area contributed by atoms with E-state index in [-0.39, 0.29) is 19.2 Å². The second-order valence-electron chi connectivity index (χ2n) is 3.82. The molecule has 0 aromatic rings. The Morgan fingerprint density at radius 1 is 1.50 bits per heavy atom. The standard InChI is InChI=1S/C11H18N2O5/c1-2-3-13(7-10(14)15)11(16)12-6-9-8-17-4-5-18-9/h2,9H,1,3-8H2,(H,12,16)(H,14,15). The molecule has 2 amide bonds. The van der Waals surface area contributed by atoms with E-state index in [4.69, 9.17) is 14.6 Å². The first kappa shape index (κ1) is 14.5. The third kappa shape index (κ3) is 5.15. The number of carbonyl (C=O) groups excluding carboxylic acids is 1. The molecule has 1 atom stereocenters. The molecule has 1 fully saturated rings. The van der Waals surface area contributed by atoms with E-state index in [1.54, 1.807) is 0 Å². The predicted octanol–water partition coefficient (Wildman–Crippen LogP) is -0.316. The number of hydrogen-bond donors (Lipinski definition) is 2. The van der Waals surface area contributed by atoms with Crippen LogP contribution in [0.2, 0.25) is 0 Å². The molecule has 0 aliphatic carbocycles. The number of urea groups is 1. The first-order valence-electron chi connectivity index (χ1n) is 5.68.